The minimum atomic E-state index is -4.73. The number of benzene rings is 1. The molecule has 1 heterocycles. The highest BCUT2D eigenvalue weighted by molar-refractivity contribution is 6.30. The van der Waals surface area contributed by atoms with Gasteiger partial charge in [-0.25, -0.2) is 9.18 Å². The van der Waals surface area contributed by atoms with Crippen LogP contribution in [0.5, 0.6) is 0 Å². The van der Waals surface area contributed by atoms with Crippen LogP contribution in [0, 0.1) is 5.82 Å². The van der Waals surface area contributed by atoms with Crippen molar-refractivity contribution in [3.63, 3.8) is 0 Å². The molecule has 1 amide bonds. The van der Waals surface area contributed by atoms with E-state index >= 15 is 0 Å². The lowest BCUT2D eigenvalue weighted by molar-refractivity contribution is -0.138. The zero-order valence-corrected chi connectivity index (χ0v) is 11.3. The van der Waals surface area contributed by atoms with Crippen molar-refractivity contribution in [3.05, 3.63) is 34.1 Å². The van der Waals surface area contributed by atoms with E-state index in [4.69, 9.17) is 11.6 Å². The number of amides is 1. The monoisotopic (exact) mass is 333 g/mol. The fourth-order valence-electron chi connectivity index (χ4n) is 1.90. The van der Waals surface area contributed by atoms with Crippen LogP contribution in [-0.2, 0) is 10.9 Å². The number of nitrogens with one attached hydrogen (secondary N) is 1. The minimum absolute atomic E-state index is 0. The number of carbonyl (C=O) groups is 1. The summed E-state index contributed by atoms with van der Waals surface area (Å²) in [5.41, 5.74) is -1.81. The van der Waals surface area contributed by atoms with Gasteiger partial charge in [-0.2, -0.15) is 13.2 Å². The second-order valence-electron chi connectivity index (χ2n) is 3.94. The van der Waals surface area contributed by atoms with E-state index in [0.29, 0.717) is 6.07 Å². The maximum Gasteiger partial charge on any atom is 0.416 e. The lowest BCUT2D eigenvalue weighted by atomic mass is 9.96. The second kappa shape index (κ2) is 6.05. The Labute approximate surface area is 122 Å². The maximum atomic E-state index is 13.9. The topological polar surface area (TPSA) is 38.3 Å². The van der Waals surface area contributed by atoms with Gasteiger partial charge in [0.15, 0.2) is 0 Å². The summed E-state index contributed by atoms with van der Waals surface area (Å²) in [5.74, 6) is -1.18. The predicted molar refractivity (Wildman–Crippen MR) is 65.5 cm³/mol. The fraction of sp³-hybridized carbons (Fsp3) is 0.364. The van der Waals surface area contributed by atoms with E-state index in [1.165, 1.54) is 0 Å². The Morgan fingerprint density at radius 2 is 2.00 bits per heavy atom. The fourth-order valence-corrected chi connectivity index (χ4v) is 2.06. The normalized spacial score (nSPS) is 18.9. The van der Waals surface area contributed by atoms with Crippen molar-refractivity contribution in [1.82, 2.24) is 5.32 Å². The summed E-state index contributed by atoms with van der Waals surface area (Å²) in [7, 11) is 0. The predicted octanol–water partition coefficient (Wildman–Crippen LogP) is 4.09. The van der Waals surface area contributed by atoms with E-state index in [-0.39, 0.29) is 25.4 Å². The first-order valence-electron chi connectivity index (χ1n) is 5.29. The van der Waals surface area contributed by atoms with Crippen LogP contribution in [0.4, 0.5) is 22.4 Å². The molecule has 0 bridgehead atoms. The molecule has 0 unspecified atom stereocenters. The van der Waals surface area contributed by atoms with Crippen LogP contribution >= 0.6 is 24.0 Å². The van der Waals surface area contributed by atoms with Gasteiger partial charge in [0.05, 0.1) is 23.2 Å². The van der Waals surface area contributed by atoms with Gasteiger partial charge in [0.25, 0.3) is 0 Å². The van der Waals surface area contributed by atoms with Gasteiger partial charge in [-0.1, -0.05) is 11.6 Å². The van der Waals surface area contributed by atoms with E-state index in [1.807, 2.05) is 0 Å². The van der Waals surface area contributed by atoms with Crippen molar-refractivity contribution in [2.24, 2.45) is 0 Å². The molecule has 1 fully saturated rings. The molecule has 0 spiro atoms. The Kier molecular flexibility index (Phi) is 5.10. The highest BCUT2D eigenvalue weighted by Crippen LogP contribution is 2.39. The number of halogens is 6. The van der Waals surface area contributed by atoms with E-state index < -0.39 is 40.3 Å². The Balaban J connectivity index is 0.00000200. The lowest BCUT2D eigenvalue weighted by Crippen LogP contribution is -2.37. The first-order chi connectivity index (χ1) is 8.80. The SMILES string of the molecule is Cl.O=C1N[C@H](c2c(C(F)(F)F)ccc(Cl)c2F)CCO1. The molecule has 2 rings (SSSR count). The summed E-state index contributed by atoms with van der Waals surface area (Å²) in [6.07, 6.45) is -5.58. The molecule has 1 aliphatic heterocycles. The zero-order valence-electron chi connectivity index (χ0n) is 9.76. The summed E-state index contributed by atoms with van der Waals surface area (Å²) in [4.78, 5) is 11.0. The smallest absolute Gasteiger partial charge is 0.416 e. The molecular formula is C11H9Cl2F4NO2. The largest absolute Gasteiger partial charge is 0.449 e. The van der Waals surface area contributed by atoms with Crippen molar-refractivity contribution < 1.29 is 27.1 Å². The van der Waals surface area contributed by atoms with Gasteiger partial charge in [-0.05, 0) is 12.1 Å². The number of alkyl halides is 3. The molecule has 0 radical (unpaired) electrons. The van der Waals surface area contributed by atoms with Crippen molar-refractivity contribution in [1.29, 1.82) is 0 Å². The van der Waals surface area contributed by atoms with Crippen molar-refractivity contribution in [3.8, 4) is 0 Å². The third-order valence-corrected chi connectivity index (χ3v) is 3.01. The van der Waals surface area contributed by atoms with Crippen LogP contribution < -0.4 is 5.32 Å². The Hall–Kier alpha value is -1.21. The van der Waals surface area contributed by atoms with Crippen molar-refractivity contribution >= 4 is 30.1 Å². The van der Waals surface area contributed by atoms with Gasteiger partial charge in [0, 0.05) is 12.0 Å². The van der Waals surface area contributed by atoms with Gasteiger partial charge in [-0.3, -0.25) is 0 Å². The van der Waals surface area contributed by atoms with E-state index in [0.717, 1.165) is 6.07 Å². The van der Waals surface area contributed by atoms with Crippen LogP contribution in [0.1, 0.15) is 23.6 Å². The molecule has 1 N–H and O–H groups in total. The molecule has 1 saturated heterocycles. The van der Waals surface area contributed by atoms with Crippen LogP contribution in [0.15, 0.2) is 12.1 Å². The van der Waals surface area contributed by atoms with Crippen molar-refractivity contribution in [2.45, 2.75) is 18.6 Å². The van der Waals surface area contributed by atoms with Gasteiger partial charge in [-0.15, -0.1) is 12.4 Å². The minimum Gasteiger partial charge on any atom is -0.449 e. The van der Waals surface area contributed by atoms with Gasteiger partial charge >= 0.3 is 12.3 Å². The quantitative estimate of drug-likeness (QED) is 0.786. The average Bonchev–Trinajstić information content (AvgIpc) is 2.31. The third kappa shape index (κ3) is 3.27. The van der Waals surface area contributed by atoms with Crippen LogP contribution in [0.3, 0.4) is 0 Å². The number of hydrogen-bond acceptors (Lipinski definition) is 2. The van der Waals surface area contributed by atoms with Gasteiger partial charge in [0.1, 0.15) is 5.82 Å². The summed E-state index contributed by atoms with van der Waals surface area (Å²) < 4.78 is 57.0. The number of rotatable bonds is 1. The van der Waals surface area contributed by atoms with E-state index in [1.54, 1.807) is 0 Å². The molecule has 0 aromatic heterocycles. The summed E-state index contributed by atoms with van der Waals surface area (Å²) in [5, 5.41) is 1.73. The van der Waals surface area contributed by atoms with E-state index in [9.17, 15) is 22.4 Å². The molecular weight excluding hydrogens is 325 g/mol. The molecule has 1 aliphatic rings. The van der Waals surface area contributed by atoms with Crippen molar-refractivity contribution in [2.75, 3.05) is 6.61 Å². The molecule has 112 valence electrons. The maximum absolute atomic E-state index is 13.9. The highest BCUT2D eigenvalue weighted by Gasteiger charge is 2.38. The molecule has 20 heavy (non-hydrogen) atoms. The number of carbonyl (C=O) groups excluding carboxylic acids is 1. The molecule has 0 saturated carbocycles. The standard InChI is InChI=1S/C11H8ClF4NO2.ClH/c12-6-2-1-5(11(14,15)16)8(9(6)13)7-3-4-19-10(18)17-7;/h1-2,7H,3-4H2,(H,17,18);1H/t7-;/m0./s1. The first-order valence-corrected chi connectivity index (χ1v) is 5.67. The zero-order chi connectivity index (χ0) is 14.2. The molecule has 1 atom stereocenters. The van der Waals surface area contributed by atoms with Crippen LogP contribution in [0.25, 0.3) is 0 Å². The summed E-state index contributed by atoms with van der Waals surface area (Å²) in [6, 6.07) is 0.420. The molecule has 1 aromatic carbocycles. The first kappa shape index (κ1) is 16.8. The third-order valence-electron chi connectivity index (χ3n) is 2.72. The lowest BCUT2D eigenvalue weighted by Gasteiger charge is -2.26. The molecule has 9 heteroatoms. The molecule has 1 aromatic rings. The molecule has 0 aliphatic carbocycles. The number of alkyl carbamates (subject to hydrolysis) is 1. The summed E-state index contributed by atoms with van der Waals surface area (Å²) >= 11 is 5.51. The van der Waals surface area contributed by atoms with Crippen LogP contribution in [-0.4, -0.2) is 12.7 Å². The van der Waals surface area contributed by atoms with Gasteiger partial charge in [0.2, 0.25) is 0 Å². The second-order valence-corrected chi connectivity index (χ2v) is 4.35. The average molecular weight is 334 g/mol. The van der Waals surface area contributed by atoms with E-state index in [2.05, 4.69) is 10.1 Å². The Bertz CT molecular complexity index is 522. The number of cyclic esters (lactones) is 1. The van der Waals surface area contributed by atoms with Crippen LogP contribution in [0.2, 0.25) is 5.02 Å². The Morgan fingerprint density at radius 3 is 2.55 bits per heavy atom. The molecule has 3 nitrogen and oxygen atoms in total. The van der Waals surface area contributed by atoms with Gasteiger partial charge < -0.3 is 10.1 Å². The number of ether oxygens (including phenoxy) is 1. The number of hydrogen-bond donors (Lipinski definition) is 1. The summed E-state index contributed by atoms with van der Waals surface area (Å²) in [6.45, 7) is -0.0836. The Morgan fingerprint density at radius 1 is 1.35 bits per heavy atom. The highest BCUT2D eigenvalue weighted by atomic mass is 35.5.